The van der Waals surface area contributed by atoms with Gasteiger partial charge in [-0.1, -0.05) is 18.2 Å². The molecule has 0 saturated heterocycles. The molecule has 2 aromatic heterocycles. The van der Waals surface area contributed by atoms with E-state index in [1.807, 2.05) is 0 Å². The molecule has 2 aliphatic rings. The number of aliphatic imine (C=N–C) groups is 1. The van der Waals surface area contributed by atoms with Crippen molar-refractivity contribution in [3.8, 4) is 11.5 Å². The van der Waals surface area contributed by atoms with Crippen molar-refractivity contribution in [3.05, 3.63) is 59.1 Å². The molecule has 0 radical (unpaired) electrons. The van der Waals surface area contributed by atoms with Gasteiger partial charge in [-0.05, 0) is 36.6 Å². The number of hydrogen-bond acceptors (Lipinski definition) is 8. The summed E-state index contributed by atoms with van der Waals surface area (Å²) in [6, 6.07) is 1.55. The molecule has 1 amide bonds. The van der Waals surface area contributed by atoms with Crippen LogP contribution < -0.4 is 5.32 Å². The molecular formula is C23H21F4N7O3. The van der Waals surface area contributed by atoms with Crippen molar-refractivity contribution < 1.29 is 27.1 Å². The maximum atomic E-state index is 13.6. The maximum absolute atomic E-state index is 13.6. The second kappa shape index (κ2) is 10.4. The summed E-state index contributed by atoms with van der Waals surface area (Å²) in [7, 11) is 0. The van der Waals surface area contributed by atoms with E-state index in [2.05, 4.69) is 30.6 Å². The lowest BCUT2D eigenvalue weighted by Gasteiger charge is -2.18. The highest BCUT2D eigenvalue weighted by Crippen LogP contribution is 2.58. The first-order chi connectivity index (χ1) is 17.7. The number of carbonyl (C=O) groups excluding carboxylic acids is 1. The molecule has 194 valence electrons. The van der Waals surface area contributed by atoms with Gasteiger partial charge in [-0.25, -0.2) is 14.4 Å². The van der Waals surface area contributed by atoms with E-state index in [1.54, 1.807) is 31.2 Å². The number of alkyl halides is 4. The zero-order valence-corrected chi connectivity index (χ0v) is 19.5. The Kier molecular flexibility index (Phi) is 7.27. The predicted octanol–water partition coefficient (Wildman–Crippen LogP) is 4.78. The predicted molar refractivity (Wildman–Crippen MR) is 126 cm³/mol. The van der Waals surface area contributed by atoms with Crippen LogP contribution in [-0.2, 0) is 16.1 Å². The monoisotopic (exact) mass is 519 g/mol. The average Bonchev–Trinajstić information content (AvgIpc) is 3.63. The minimum Gasteiger partial charge on any atom is -0.493 e. The first-order valence-electron chi connectivity index (χ1n) is 11.1. The molecule has 1 N–H and O–H groups in total. The molecule has 1 aliphatic heterocycles. The molecule has 0 atom stereocenters. The van der Waals surface area contributed by atoms with Crippen LogP contribution in [0.3, 0.4) is 0 Å². The van der Waals surface area contributed by atoms with Crippen LogP contribution in [0, 0.1) is 10.3 Å². The zero-order valence-electron chi connectivity index (χ0n) is 19.5. The van der Waals surface area contributed by atoms with E-state index < -0.39 is 30.0 Å². The van der Waals surface area contributed by atoms with Crippen LogP contribution in [0.25, 0.3) is 11.5 Å². The molecule has 0 unspecified atom stereocenters. The molecule has 1 saturated carbocycles. The Morgan fingerprint density at radius 3 is 2.73 bits per heavy atom. The fraction of sp³-hybridized carbons (Fsp3) is 0.348. The van der Waals surface area contributed by atoms with Crippen LogP contribution in [0.4, 0.5) is 29.1 Å². The fourth-order valence-corrected chi connectivity index (χ4v) is 3.57. The van der Waals surface area contributed by atoms with Crippen molar-refractivity contribution in [3.63, 3.8) is 0 Å². The number of nitroso groups, excluding NO2 is 1. The van der Waals surface area contributed by atoms with Gasteiger partial charge in [-0.3, -0.25) is 14.5 Å². The normalized spacial score (nSPS) is 16.9. The highest BCUT2D eigenvalue weighted by atomic mass is 19.4. The van der Waals surface area contributed by atoms with Gasteiger partial charge >= 0.3 is 6.18 Å². The SMILES string of the molecule is C/C=C\C=C(/CF)Cn1nc(-c2ncc(NC(=O)C3(C(F)(F)F)CC3)c(N=O)n2)cc1C1=NC=COC1. The van der Waals surface area contributed by atoms with Crippen LogP contribution in [0.15, 0.2) is 58.7 Å². The summed E-state index contributed by atoms with van der Waals surface area (Å²) in [5, 5.41) is 9.23. The number of anilines is 1. The number of allylic oxidation sites excluding steroid dienone is 4. The van der Waals surface area contributed by atoms with E-state index in [0.29, 0.717) is 17.0 Å². The number of carbonyl (C=O) groups is 1. The van der Waals surface area contributed by atoms with Crippen LogP contribution in [0.2, 0.25) is 0 Å². The molecule has 4 rings (SSSR count). The highest BCUT2D eigenvalue weighted by molar-refractivity contribution is 6.02. The van der Waals surface area contributed by atoms with Gasteiger partial charge < -0.3 is 10.1 Å². The lowest BCUT2D eigenvalue weighted by Crippen LogP contribution is -2.37. The lowest BCUT2D eigenvalue weighted by molar-refractivity contribution is -0.189. The van der Waals surface area contributed by atoms with Gasteiger partial charge in [-0.15, -0.1) is 4.91 Å². The highest BCUT2D eigenvalue weighted by Gasteiger charge is 2.68. The number of rotatable bonds is 9. The van der Waals surface area contributed by atoms with Gasteiger partial charge in [0, 0.05) is 0 Å². The topological polar surface area (TPSA) is 124 Å². The van der Waals surface area contributed by atoms with E-state index in [4.69, 9.17) is 4.74 Å². The Morgan fingerprint density at radius 1 is 1.35 bits per heavy atom. The number of ether oxygens (including phenoxy) is 1. The third-order valence-corrected chi connectivity index (χ3v) is 5.79. The van der Waals surface area contributed by atoms with E-state index in [-0.39, 0.29) is 43.2 Å². The van der Waals surface area contributed by atoms with Crippen molar-refractivity contribution in [2.45, 2.75) is 32.5 Å². The van der Waals surface area contributed by atoms with E-state index in [1.165, 1.54) is 17.1 Å². The molecule has 3 heterocycles. The van der Waals surface area contributed by atoms with Crippen molar-refractivity contribution in [1.29, 1.82) is 0 Å². The molecule has 14 heteroatoms. The summed E-state index contributed by atoms with van der Waals surface area (Å²) in [6.07, 6.45) is 3.46. The number of hydrogen-bond donors (Lipinski definition) is 1. The maximum Gasteiger partial charge on any atom is 0.403 e. The molecule has 2 aromatic rings. The third-order valence-electron chi connectivity index (χ3n) is 5.79. The summed E-state index contributed by atoms with van der Waals surface area (Å²) in [4.78, 5) is 36.0. The number of aromatic nitrogens is 4. The molecule has 37 heavy (non-hydrogen) atoms. The molecular weight excluding hydrogens is 498 g/mol. The Balaban J connectivity index is 1.67. The second-order valence-electron chi connectivity index (χ2n) is 8.28. The van der Waals surface area contributed by atoms with Crippen LogP contribution in [-0.4, -0.2) is 50.8 Å². The summed E-state index contributed by atoms with van der Waals surface area (Å²) < 4.78 is 60.1. The van der Waals surface area contributed by atoms with E-state index in [0.717, 1.165) is 6.20 Å². The fourth-order valence-electron chi connectivity index (χ4n) is 3.57. The van der Waals surface area contributed by atoms with E-state index >= 15 is 0 Å². The van der Waals surface area contributed by atoms with Crippen LogP contribution in [0.5, 0.6) is 0 Å². The smallest absolute Gasteiger partial charge is 0.403 e. The van der Waals surface area contributed by atoms with Gasteiger partial charge in [0.25, 0.3) is 0 Å². The number of nitrogens with one attached hydrogen (secondary N) is 1. The van der Waals surface area contributed by atoms with Crippen molar-refractivity contribution >= 4 is 23.1 Å². The van der Waals surface area contributed by atoms with E-state index in [9.17, 15) is 27.3 Å². The standard InChI is InChI=1S/C23H21F4N7O3/c1-2-3-4-14(10-24)12-34-18(17-13-37-8-7-28-17)9-15(32-34)19-29-11-16(20(31-19)33-36)30-21(35)22(5-6-22)23(25,26)27/h2-4,7-9,11H,5-6,10,12-13H2,1H3,(H,30,35)/b3-2-,14-4+. The third kappa shape index (κ3) is 5.32. The second-order valence-corrected chi connectivity index (χ2v) is 8.28. The molecule has 10 nitrogen and oxygen atoms in total. The van der Waals surface area contributed by atoms with Crippen molar-refractivity contribution in [2.24, 2.45) is 15.6 Å². The average molecular weight is 519 g/mol. The van der Waals surface area contributed by atoms with Crippen molar-refractivity contribution in [1.82, 2.24) is 19.7 Å². The molecule has 0 spiro atoms. The number of nitrogens with zero attached hydrogens (tertiary/aromatic N) is 6. The molecule has 0 aromatic carbocycles. The number of halogens is 4. The van der Waals surface area contributed by atoms with Crippen LogP contribution >= 0.6 is 0 Å². The number of amides is 1. The van der Waals surface area contributed by atoms with Crippen LogP contribution in [0.1, 0.15) is 25.5 Å². The Hall–Kier alpha value is -4.23. The summed E-state index contributed by atoms with van der Waals surface area (Å²) in [5.74, 6) is -1.95. The summed E-state index contributed by atoms with van der Waals surface area (Å²) in [6.45, 7) is 1.25. The molecule has 0 bridgehead atoms. The van der Waals surface area contributed by atoms with Crippen molar-refractivity contribution in [2.75, 3.05) is 18.6 Å². The minimum atomic E-state index is -4.73. The lowest BCUT2D eigenvalue weighted by atomic mass is 10.1. The Labute approximate surface area is 207 Å². The Morgan fingerprint density at radius 2 is 2.14 bits per heavy atom. The van der Waals surface area contributed by atoms with Gasteiger partial charge in [0.05, 0.1) is 24.6 Å². The largest absolute Gasteiger partial charge is 0.493 e. The van der Waals surface area contributed by atoms with Gasteiger partial charge in [0.2, 0.25) is 11.7 Å². The summed E-state index contributed by atoms with van der Waals surface area (Å²) >= 11 is 0. The molecule has 1 aliphatic carbocycles. The first kappa shape index (κ1) is 25.9. The summed E-state index contributed by atoms with van der Waals surface area (Å²) in [5.41, 5.74) is -1.32. The van der Waals surface area contributed by atoms with Gasteiger partial charge in [0.1, 0.15) is 42.1 Å². The minimum absolute atomic E-state index is 0.0609. The molecule has 1 fully saturated rings. The Bertz CT molecular complexity index is 1320. The zero-order chi connectivity index (χ0) is 26.6. The first-order valence-corrected chi connectivity index (χ1v) is 11.1. The quantitative estimate of drug-likeness (QED) is 0.289. The van der Waals surface area contributed by atoms with Gasteiger partial charge in [-0.2, -0.15) is 18.3 Å². The van der Waals surface area contributed by atoms with Gasteiger partial charge in [0.15, 0.2) is 5.82 Å².